The van der Waals surface area contributed by atoms with Crippen molar-refractivity contribution in [1.29, 1.82) is 0 Å². The Bertz CT molecular complexity index is 147. The monoisotopic (exact) mass is 184 g/mol. The highest BCUT2D eigenvalue weighted by Crippen LogP contribution is 2.40. The summed E-state index contributed by atoms with van der Waals surface area (Å²) in [6.07, 6.45) is 8.37. The summed E-state index contributed by atoms with van der Waals surface area (Å²) in [6, 6.07) is 0. The third kappa shape index (κ3) is 2.70. The molecule has 0 aliphatic heterocycles. The second-order valence-electron chi connectivity index (χ2n) is 5.55. The predicted molar refractivity (Wildman–Crippen MR) is 56.7 cm³/mol. The Kier molecular flexibility index (Phi) is 3.39. The average molecular weight is 184 g/mol. The molecule has 0 aromatic rings. The van der Waals surface area contributed by atoms with E-state index in [0.717, 1.165) is 12.8 Å². The van der Waals surface area contributed by atoms with Crippen molar-refractivity contribution in [3.05, 3.63) is 0 Å². The molecule has 1 rings (SSSR count). The maximum absolute atomic E-state index is 10.5. The molecule has 0 aromatic carbocycles. The van der Waals surface area contributed by atoms with Crippen molar-refractivity contribution >= 4 is 0 Å². The van der Waals surface area contributed by atoms with Crippen LogP contribution in [-0.2, 0) is 0 Å². The summed E-state index contributed by atoms with van der Waals surface area (Å²) in [5.41, 5.74) is -0.363. The standard InChI is InChI=1S/C12H24O/c1-11(2,3)12(13)9-7-5-4-6-8-10-12/h13H,4-10H2,1-3H3. The minimum absolute atomic E-state index is 0.0460. The number of aliphatic hydroxyl groups is 1. The van der Waals surface area contributed by atoms with Crippen LogP contribution in [0.5, 0.6) is 0 Å². The van der Waals surface area contributed by atoms with Crippen molar-refractivity contribution < 1.29 is 5.11 Å². The highest BCUT2D eigenvalue weighted by molar-refractivity contribution is 4.90. The molecule has 78 valence electrons. The zero-order valence-corrected chi connectivity index (χ0v) is 9.40. The van der Waals surface area contributed by atoms with E-state index in [1.807, 2.05) is 0 Å². The van der Waals surface area contributed by atoms with Crippen molar-refractivity contribution in [3.8, 4) is 0 Å². The summed E-state index contributed by atoms with van der Waals surface area (Å²) in [5.74, 6) is 0. The lowest BCUT2D eigenvalue weighted by Gasteiger charge is -2.41. The highest BCUT2D eigenvalue weighted by Gasteiger charge is 2.38. The first-order chi connectivity index (χ1) is 5.96. The fourth-order valence-corrected chi connectivity index (χ4v) is 2.24. The van der Waals surface area contributed by atoms with Gasteiger partial charge in [0.05, 0.1) is 5.60 Å². The Hall–Kier alpha value is -0.0400. The van der Waals surface area contributed by atoms with E-state index in [1.54, 1.807) is 0 Å². The molecule has 1 fully saturated rings. The fourth-order valence-electron chi connectivity index (χ4n) is 2.24. The van der Waals surface area contributed by atoms with Crippen LogP contribution in [0.3, 0.4) is 0 Å². The van der Waals surface area contributed by atoms with Crippen molar-refractivity contribution in [1.82, 2.24) is 0 Å². The lowest BCUT2D eigenvalue weighted by Crippen LogP contribution is -2.43. The molecule has 0 bridgehead atoms. The lowest BCUT2D eigenvalue weighted by atomic mass is 9.70. The Morgan fingerprint density at radius 1 is 0.846 bits per heavy atom. The number of rotatable bonds is 0. The van der Waals surface area contributed by atoms with Gasteiger partial charge in [0.15, 0.2) is 0 Å². The summed E-state index contributed by atoms with van der Waals surface area (Å²) < 4.78 is 0. The third-order valence-corrected chi connectivity index (χ3v) is 3.58. The summed E-state index contributed by atoms with van der Waals surface area (Å²) >= 11 is 0. The largest absolute Gasteiger partial charge is 0.389 e. The first-order valence-electron chi connectivity index (χ1n) is 5.68. The Labute approximate surface area is 82.5 Å². The minimum atomic E-state index is -0.409. The molecule has 0 amide bonds. The van der Waals surface area contributed by atoms with E-state index in [2.05, 4.69) is 20.8 Å². The molecule has 13 heavy (non-hydrogen) atoms. The minimum Gasteiger partial charge on any atom is -0.389 e. The molecular formula is C12H24O. The van der Waals surface area contributed by atoms with Gasteiger partial charge in [0, 0.05) is 0 Å². The second-order valence-corrected chi connectivity index (χ2v) is 5.55. The van der Waals surface area contributed by atoms with E-state index in [9.17, 15) is 5.11 Å². The van der Waals surface area contributed by atoms with Gasteiger partial charge in [-0.15, -0.1) is 0 Å². The van der Waals surface area contributed by atoms with E-state index >= 15 is 0 Å². The molecular weight excluding hydrogens is 160 g/mol. The van der Waals surface area contributed by atoms with Gasteiger partial charge in [-0.05, 0) is 18.3 Å². The maximum atomic E-state index is 10.5. The molecule has 1 saturated carbocycles. The van der Waals surface area contributed by atoms with Crippen molar-refractivity contribution in [3.63, 3.8) is 0 Å². The van der Waals surface area contributed by atoms with Gasteiger partial charge in [-0.3, -0.25) is 0 Å². The molecule has 0 heterocycles. The zero-order valence-electron chi connectivity index (χ0n) is 9.40. The van der Waals surface area contributed by atoms with E-state index in [1.165, 1.54) is 32.1 Å². The maximum Gasteiger partial charge on any atom is 0.0695 e. The van der Waals surface area contributed by atoms with E-state index < -0.39 is 5.60 Å². The van der Waals surface area contributed by atoms with Gasteiger partial charge in [-0.2, -0.15) is 0 Å². The van der Waals surface area contributed by atoms with Gasteiger partial charge in [-0.25, -0.2) is 0 Å². The van der Waals surface area contributed by atoms with Gasteiger partial charge in [-0.1, -0.05) is 52.9 Å². The van der Waals surface area contributed by atoms with Crippen LogP contribution in [0.15, 0.2) is 0 Å². The first-order valence-corrected chi connectivity index (χ1v) is 5.68. The Morgan fingerprint density at radius 3 is 1.62 bits per heavy atom. The van der Waals surface area contributed by atoms with Crippen LogP contribution in [0.2, 0.25) is 0 Å². The molecule has 1 nitrogen and oxygen atoms in total. The highest BCUT2D eigenvalue weighted by atomic mass is 16.3. The summed E-state index contributed by atoms with van der Waals surface area (Å²) in [5, 5.41) is 10.5. The van der Waals surface area contributed by atoms with Crippen molar-refractivity contribution in [2.75, 3.05) is 0 Å². The predicted octanol–water partition coefficient (Wildman–Crippen LogP) is 3.51. The fraction of sp³-hybridized carbons (Fsp3) is 1.00. The van der Waals surface area contributed by atoms with E-state index in [4.69, 9.17) is 0 Å². The van der Waals surface area contributed by atoms with Gasteiger partial charge >= 0.3 is 0 Å². The van der Waals surface area contributed by atoms with Crippen LogP contribution < -0.4 is 0 Å². The molecule has 0 spiro atoms. The lowest BCUT2D eigenvalue weighted by molar-refractivity contribution is -0.0766. The Morgan fingerprint density at radius 2 is 1.23 bits per heavy atom. The van der Waals surface area contributed by atoms with Crippen molar-refractivity contribution in [2.24, 2.45) is 5.41 Å². The van der Waals surface area contributed by atoms with Crippen LogP contribution >= 0.6 is 0 Å². The van der Waals surface area contributed by atoms with E-state index in [-0.39, 0.29) is 5.41 Å². The molecule has 1 N–H and O–H groups in total. The van der Waals surface area contributed by atoms with Crippen LogP contribution in [-0.4, -0.2) is 10.7 Å². The van der Waals surface area contributed by atoms with Gasteiger partial charge in [0.2, 0.25) is 0 Å². The molecule has 0 saturated heterocycles. The summed E-state index contributed by atoms with van der Waals surface area (Å²) in [6.45, 7) is 6.48. The number of hydrogen-bond acceptors (Lipinski definition) is 1. The number of hydrogen-bond donors (Lipinski definition) is 1. The summed E-state index contributed by atoms with van der Waals surface area (Å²) in [4.78, 5) is 0. The van der Waals surface area contributed by atoms with Crippen LogP contribution in [0, 0.1) is 5.41 Å². The molecule has 1 aliphatic carbocycles. The van der Waals surface area contributed by atoms with Gasteiger partial charge < -0.3 is 5.11 Å². The molecule has 0 radical (unpaired) electrons. The molecule has 1 heteroatoms. The SMILES string of the molecule is CC(C)(C)C1(O)CCCCCCC1. The van der Waals surface area contributed by atoms with Crippen molar-refractivity contribution in [2.45, 2.75) is 71.3 Å². The molecule has 1 aliphatic rings. The van der Waals surface area contributed by atoms with Crippen LogP contribution in [0.1, 0.15) is 65.7 Å². The second kappa shape index (κ2) is 4.00. The van der Waals surface area contributed by atoms with Crippen LogP contribution in [0.25, 0.3) is 0 Å². The summed E-state index contributed by atoms with van der Waals surface area (Å²) in [7, 11) is 0. The first kappa shape index (κ1) is 11.0. The molecule has 0 atom stereocenters. The topological polar surface area (TPSA) is 20.2 Å². The average Bonchev–Trinajstić information content (AvgIpc) is 1.94. The molecule has 0 aromatic heterocycles. The van der Waals surface area contributed by atoms with Gasteiger partial charge in [0.25, 0.3) is 0 Å². The van der Waals surface area contributed by atoms with Crippen LogP contribution in [0.4, 0.5) is 0 Å². The quantitative estimate of drug-likeness (QED) is 0.611. The zero-order chi connectivity index (χ0) is 9.95. The van der Waals surface area contributed by atoms with Gasteiger partial charge in [0.1, 0.15) is 0 Å². The smallest absolute Gasteiger partial charge is 0.0695 e. The Balaban J connectivity index is 2.62. The molecule has 0 unspecified atom stereocenters. The van der Waals surface area contributed by atoms with E-state index in [0.29, 0.717) is 0 Å². The normalized spacial score (nSPS) is 24.9. The third-order valence-electron chi connectivity index (χ3n) is 3.58.